The summed E-state index contributed by atoms with van der Waals surface area (Å²) < 4.78 is 0. The lowest BCUT2D eigenvalue weighted by Crippen LogP contribution is -2.24. The van der Waals surface area contributed by atoms with Gasteiger partial charge in [0, 0.05) is 18.3 Å². The molecule has 0 aliphatic carbocycles. The monoisotopic (exact) mass is 204 g/mol. The molecule has 1 aromatic rings. The smallest absolute Gasteiger partial charge is 0.185 e. The lowest BCUT2D eigenvalue weighted by atomic mass is 10.1. The number of anilines is 1. The zero-order valence-corrected chi connectivity index (χ0v) is 8.61. The number of fused-ring (bicyclic) bond motifs is 1. The predicted molar refractivity (Wildman–Crippen MR) is 62.9 cm³/mol. The Bertz CT molecular complexity index is 344. The van der Waals surface area contributed by atoms with E-state index in [0.717, 1.165) is 12.8 Å². The summed E-state index contributed by atoms with van der Waals surface area (Å²) in [7, 11) is 0. The van der Waals surface area contributed by atoms with Gasteiger partial charge in [-0.3, -0.25) is 4.99 Å². The van der Waals surface area contributed by atoms with Gasteiger partial charge in [-0.25, -0.2) is 0 Å². The Labute approximate surface area is 89.4 Å². The molecule has 0 amide bonds. The molecule has 4 nitrogen and oxygen atoms in total. The lowest BCUT2D eigenvalue weighted by molar-refractivity contribution is 0.685. The Hall–Kier alpha value is -1.71. The molecular weight excluding hydrogens is 188 g/mol. The minimum atomic E-state index is 0.172. The average molecular weight is 204 g/mol. The number of nitrogens with zero attached hydrogens (tertiary/aromatic N) is 1. The molecule has 0 aromatic heterocycles. The first-order valence-corrected chi connectivity index (χ1v) is 5.15. The van der Waals surface area contributed by atoms with Crippen molar-refractivity contribution in [2.24, 2.45) is 16.5 Å². The second kappa shape index (κ2) is 4.21. The third kappa shape index (κ3) is 2.40. The van der Waals surface area contributed by atoms with Crippen LogP contribution in [-0.4, -0.2) is 18.5 Å². The average Bonchev–Trinajstić information content (AvgIpc) is 2.59. The van der Waals surface area contributed by atoms with Gasteiger partial charge in [-0.2, -0.15) is 0 Å². The van der Waals surface area contributed by atoms with Crippen LogP contribution in [0.25, 0.3) is 0 Å². The van der Waals surface area contributed by atoms with Gasteiger partial charge in [-0.05, 0) is 24.5 Å². The Morgan fingerprint density at radius 1 is 1.40 bits per heavy atom. The zero-order chi connectivity index (χ0) is 10.7. The van der Waals surface area contributed by atoms with Crippen molar-refractivity contribution >= 4 is 11.6 Å². The molecule has 5 N–H and O–H groups in total. The number of rotatable bonds is 3. The van der Waals surface area contributed by atoms with Crippen LogP contribution in [-0.2, 0) is 6.42 Å². The Morgan fingerprint density at radius 3 is 2.93 bits per heavy atom. The van der Waals surface area contributed by atoms with Crippen molar-refractivity contribution in [2.45, 2.75) is 18.9 Å². The van der Waals surface area contributed by atoms with Crippen molar-refractivity contribution < 1.29 is 0 Å². The summed E-state index contributed by atoms with van der Waals surface area (Å²) in [5.74, 6) is 0.172. The van der Waals surface area contributed by atoms with Crippen LogP contribution in [0.1, 0.15) is 12.0 Å². The molecule has 2 rings (SSSR count). The summed E-state index contributed by atoms with van der Waals surface area (Å²) in [6, 6.07) is 8.84. The van der Waals surface area contributed by atoms with Crippen LogP contribution >= 0.6 is 0 Å². The van der Waals surface area contributed by atoms with Crippen molar-refractivity contribution in [3.05, 3.63) is 29.8 Å². The minimum Gasteiger partial charge on any atom is -0.382 e. The van der Waals surface area contributed by atoms with Crippen molar-refractivity contribution in [1.29, 1.82) is 0 Å². The molecule has 1 aliphatic heterocycles. The van der Waals surface area contributed by atoms with E-state index in [1.807, 2.05) is 6.07 Å². The van der Waals surface area contributed by atoms with Gasteiger partial charge in [0.2, 0.25) is 0 Å². The Kier molecular flexibility index (Phi) is 2.76. The normalized spacial score (nSPS) is 18.0. The number of hydrogen-bond acceptors (Lipinski definition) is 2. The van der Waals surface area contributed by atoms with Crippen LogP contribution in [0.2, 0.25) is 0 Å². The molecule has 0 radical (unpaired) electrons. The molecule has 1 atom stereocenters. The molecule has 15 heavy (non-hydrogen) atoms. The maximum atomic E-state index is 5.27. The highest BCUT2D eigenvalue weighted by Gasteiger charge is 2.18. The number of para-hydroxylation sites is 1. The molecule has 0 saturated carbocycles. The second-order valence-electron chi connectivity index (χ2n) is 3.80. The quantitative estimate of drug-likeness (QED) is 0.500. The highest BCUT2D eigenvalue weighted by molar-refractivity contribution is 5.75. The zero-order valence-electron chi connectivity index (χ0n) is 8.61. The summed E-state index contributed by atoms with van der Waals surface area (Å²) in [5, 5.41) is 3.46. The first kappa shape index (κ1) is 9.83. The van der Waals surface area contributed by atoms with Gasteiger partial charge < -0.3 is 16.8 Å². The Morgan fingerprint density at radius 2 is 2.20 bits per heavy atom. The second-order valence-corrected chi connectivity index (χ2v) is 3.80. The van der Waals surface area contributed by atoms with E-state index in [1.54, 1.807) is 0 Å². The van der Waals surface area contributed by atoms with Gasteiger partial charge in [0.05, 0.1) is 0 Å². The van der Waals surface area contributed by atoms with E-state index >= 15 is 0 Å². The van der Waals surface area contributed by atoms with Crippen LogP contribution in [0.5, 0.6) is 0 Å². The SMILES string of the molecule is NC(N)=NCCC1Cc2ccccc2N1. The molecular formula is C11H16N4. The van der Waals surface area contributed by atoms with Gasteiger partial charge in [0.1, 0.15) is 0 Å². The van der Waals surface area contributed by atoms with Gasteiger partial charge in [-0.15, -0.1) is 0 Å². The molecule has 1 unspecified atom stereocenters. The van der Waals surface area contributed by atoms with E-state index < -0.39 is 0 Å². The molecule has 4 heteroatoms. The van der Waals surface area contributed by atoms with Gasteiger partial charge >= 0.3 is 0 Å². The molecule has 0 bridgehead atoms. The molecule has 1 aliphatic rings. The molecule has 80 valence electrons. The van der Waals surface area contributed by atoms with Crippen LogP contribution in [0.3, 0.4) is 0 Å². The summed E-state index contributed by atoms with van der Waals surface area (Å²) in [6.07, 6.45) is 2.03. The van der Waals surface area contributed by atoms with Crippen molar-refractivity contribution in [1.82, 2.24) is 0 Å². The van der Waals surface area contributed by atoms with Crippen LogP contribution in [0.4, 0.5) is 5.69 Å². The molecule has 1 aromatic carbocycles. The summed E-state index contributed by atoms with van der Waals surface area (Å²) in [6.45, 7) is 0.688. The fraction of sp³-hybridized carbons (Fsp3) is 0.364. The third-order valence-corrected chi connectivity index (χ3v) is 2.62. The van der Waals surface area contributed by atoms with Crippen LogP contribution < -0.4 is 16.8 Å². The first-order valence-electron chi connectivity index (χ1n) is 5.15. The highest BCUT2D eigenvalue weighted by atomic mass is 15.0. The van der Waals surface area contributed by atoms with Gasteiger partial charge in [-0.1, -0.05) is 18.2 Å². The molecule has 0 fully saturated rings. The van der Waals surface area contributed by atoms with E-state index in [9.17, 15) is 0 Å². The fourth-order valence-electron chi connectivity index (χ4n) is 1.90. The lowest BCUT2D eigenvalue weighted by Gasteiger charge is -2.08. The number of nitrogens with two attached hydrogens (primary N) is 2. The van der Waals surface area contributed by atoms with Crippen LogP contribution in [0.15, 0.2) is 29.3 Å². The number of hydrogen-bond donors (Lipinski definition) is 3. The van der Waals surface area contributed by atoms with E-state index in [-0.39, 0.29) is 5.96 Å². The summed E-state index contributed by atoms with van der Waals surface area (Å²) in [4.78, 5) is 3.98. The first-order chi connectivity index (χ1) is 7.25. The van der Waals surface area contributed by atoms with E-state index in [0.29, 0.717) is 12.6 Å². The van der Waals surface area contributed by atoms with E-state index in [2.05, 4.69) is 28.5 Å². The highest BCUT2D eigenvalue weighted by Crippen LogP contribution is 2.26. The largest absolute Gasteiger partial charge is 0.382 e. The van der Waals surface area contributed by atoms with Crippen molar-refractivity contribution in [2.75, 3.05) is 11.9 Å². The maximum absolute atomic E-state index is 5.27. The van der Waals surface area contributed by atoms with Crippen molar-refractivity contribution in [3.8, 4) is 0 Å². The number of benzene rings is 1. The summed E-state index contributed by atoms with van der Waals surface area (Å²) in [5.41, 5.74) is 13.2. The maximum Gasteiger partial charge on any atom is 0.185 e. The summed E-state index contributed by atoms with van der Waals surface area (Å²) >= 11 is 0. The minimum absolute atomic E-state index is 0.172. The predicted octanol–water partition coefficient (Wildman–Crippen LogP) is 0.687. The van der Waals surface area contributed by atoms with Crippen LogP contribution in [0, 0.1) is 0 Å². The standard InChI is InChI=1S/C11H16N4/c12-11(13)14-6-5-9-7-8-3-1-2-4-10(8)15-9/h1-4,9,15H,5-7H2,(H4,12,13,14). The van der Waals surface area contributed by atoms with Gasteiger partial charge in [0.25, 0.3) is 0 Å². The number of aliphatic imine (C=N–C) groups is 1. The molecule has 1 heterocycles. The number of guanidine groups is 1. The van der Waals surface area contributed by atoms with Gasteiger partial charge in [0.15, 0.2) is 5.96 Å². The fourth-order valence-corrected chi connectivity index (χ4v) is 1.90. The topological polar surface area (TPSA) is 76.4 Å². The van der Waals surface area contributed by atoms with E-state index in [1.165, 1.54) is 11.3 Å². The van der Waals surface area contributed by atoms with Crippen molar-refractivity contribution in [3.63, 3.8) is 0 Å². The molecule has 0 spiro atoms. The van der Waals surface area contributed by atoms with E-state index in [4.69, 9.17) is 11.5 Å². The third-order valence-electron chi connectivity index (χ3n) is 2.62. The molecule has 0 saturated heterocycles. The Balaban J connectivity index is 1.88. The number of nitrogens with one attached hydrogen (secondary N) is 1.